The number of carbonyl (C=O) groups excluding carboxylic acids is 2. The van der Waals surface area contributed by atoms with E-state index in [1.807, 2.05) is 0 Å². The van der Waals surface area contributed by atoms with Crippen LogP contribution in [-0.4, -0.2) is 54.2 Å². The molecule has 2 N–H and O–H groups in total. The second kappa shape index (κ2) is 5.34. The molecule has 1 aliphatic heterocycles. The van der Waals surface area contributed by atoms with E-state index >= 15 is 0 Å². The lowest BCUT2D eigenvalue weighted by atomic mass is 10.1. The second-order valence-corrected chi connectivity index (χ2v) is 3.39. The van der Waals surface area contributed by atoms with E-state index in [1.165, 1.54) is 12.0 Å². The summed E-state index contributed by atoms with van der Waals surface area (Å²) in [4.78, 5) is 34.3. The third kappa shape index (κ3) is 2.85. The summed E-state index contributed by atoms with van der Waals surface area (Å²) in [6, 6.07) is -1.38. The third-order valence-electron chi connectivity index (χ3n) is 2.40. The Labute approximate surface area is 92.4 Å². The molecular formula is C9H14N2O5. The van der Waals surface area contributed by atoms with Crippen molar-refractivity contribution in [2.24, 2.45) is 0 Å². The zero-order valence-corrected chi connectivity index (χ0v) is 8.93. The maximum Gasteiger partial charge on any atom is 0.326 e. The molecule has 7 nitrogen and oxygen atoms in total. The van der Waals surface area contributed by atoms with Crippen molar-refractivity contribution in [3.05, 3.63) is 0 Å². The van der Waals surface area contributed by atoms with E-state index in [1.54, 1.807) is 0 Å². The van der Waals surface area contributed by atoms with Crippen LogP contribution >= 0.6 is 0 Å². The van der Waals surface area contributed by atoms with E-state index in [4.69, 9.17) is 5.11 Å². The summed E-state index contributed by atoms with van der Waals surface area (Å²) in [6.07, 6.45) is 0.0483. The van der Waals surface area contributed by atoms with E-state index in [2.05, 4.69) is 10.1 Å². The first-order valence-corrected chi connectivity index (χ1v) is 4.90. The summed E-state index contributed by atoms with van der Waals surface area (Å²) >= 11 is 0. The van der Waals surface area contributed by atoms with Crippen molar-refractivity contribution in [3.8, 4) is 0 Å². The van der Waals surface area contributed by atoms with Gasteiger partial charge in [0.1, 0.15) is 6.04 Å². The number of aliphatic carboxylic acids is 1. The minimum absolute atomic E-state index is 0.0166. The topological polar surface area (TPSA) is 95.9 Å². The van der Waals surface area contributed by atoms with Gasteiger partial charge in [0.2, 0.25) is 0 Å². The number of nitrogens with one attached hydrogen (secondary N) is 1. The molecule has 1 saturated heterocycles. The van der Waals surface area contributed by atoms with Gasteiger partial charge in [-0.2, -0.15) is 0 Å². The van der Waals surface area contributed by atoms with Gasteiger partial charge in [0.15, 0.2) is 0 Å². The largest absolute Gasteiger partial charge is 0.480 e. The summed E-state index contributed by atoms with van der Waals surface area (Å²) < 4.78 is 4.42. The number of hydrogen-bond donors (Lipinski definition) is 2. The molecule has 2 amide bonds. The molecule has 0 aromatic heterocycles. The van der Waals surface area contributed by atoms with Gasteiger partial charge < -0.3 is 20.1 Å². The van der Waals surface area contributed by atoms with Crippen LogP contribution in [0.3, 0.4) is 0 Å². The van der Waals surface area contributed by atoms with Gasteiger partial charge in [-0.15, -0.1) is 0 Å². The predicted molar refractivity (Wildman–Crippen MR) is 52.8 cm³/mol. The summed E-state index contributed by atoms with van der Waals surface area (Å²) in [5, 5.41) is 11.5. The van der Waals surface area contributed by atoms with E-state index in [0.717, 1.165) is 0 Å². The maximum absolute atomic E-state index is 11.3. The highest BCUT2D eigenvalue weighted by Crippen LogP contribution is 2.11. The van der Waals surface area contributed by atoms with Gasteiger partial charge in [0.25, 0.3) is 0 Å². The highest BCUT2D eigenvalue weighted by Gasteiger charge is 2.32. The van der Waals surface area contributed by atoms with E-state index in [0.29, 0.717) is 13.1 Å². The second-order valence-electron chi connectivity index (χ2n) is 3.39. The van der Waals surface area contributed by atoms with Crippen LogP contribution in [0.15, 0.2) is 0 Å². The van der Waals surface area contributed by atoms with Crippen LogP contribution < -0.4 is 5.32 Å². The van der Waals surface area contributed by atoms with Gasteiger partial charge in [0.05, 0.1) is 7.11 Å². The van der Waals surface area contributed by atoms with Gasteiger partial charge in [-0.05, 0) is 6.42 Å². The molecule has 0 spiro atoms. The molecule has 0 radical (unpaired) electrons. The Morgan fingerprint density at radius 2 is 2.31 bits per heavy atom. The fourth-order valence-electron chi connectivity index (χ4n) is 1.55. The Balaban J connectivity index is 2.57. The fraction of sp³-hybridized carbons (Fsp3) is 0.667. The number of ether oxygens (including phenoxy) is 1. The minimum atomic E-state index is -1.11. The van der Waals surface area contributed by atoms with Crippen LogP contribution in [0.4, 0.5) is 4.79 Å². The van der Waals surface area contributed by atoms with Crippen molar-refractivity contribution in [1.29, 1.82) is 0 Å². The average molecular weight is 230 g/mol. The Bertz CT molecular complexity index is 304. The number of urea groups is 1. The molecule has 1 heterocycles. The smallest absolute Gasteiger partial charge is 0.326 e. The molecule has 0 aromatic carbocycles. The van der Waals surface area contributed by atoms with Gasteiger partial charge >= 0.3 is 18.0 Å². The van der Waals surface area contributed by atoms with Gasteiger partial charge in [-0.25, -0.2) is 9.59 Å². The van der Waals surface area contributed by atoms with E-state index in [-0.39, 0.29) is 12.8 Å². The van der Waals surface area contributed by atoms with Gasteiger partial charge in [0, 0.05) is 19.5 Å². The number of methoxy groups -OCH3 is 1. The van der Waals surface area contributed by atoms with Crippen LogP contribution in [0.2, 0.25) is 0 Å². The van der Waals surface area contributed by atoms with Crippen molar-refractivity contribution in [2.45, 2.75) is 18.9 Å². The van der Waals surface area contributed by atoms with Crippen LogP contribution in [0.5, 0.6) is 0 Å². The van der Waals surface area contributed by atoms with Crippen LogP contribution in [0.1, 0.15) is 12.8 Å². The normalized spacial score (nSPS) is 16.8. The quantitative estimate of drug-likeness (QED) is 0.616. The summed E-state index contributed by atoms with van der Waals surface area (Å²) in [5.74, 6) is -1.59. The highest BCUT2D eigenvalue weighted by atomic mass is 16.5. The summed E-state index contributed by atoms with van der Waals surface area (Å²) in [6.45, 7) is 0.776. The lowest BCUT2D eigenvalue weighted by molar-refractivity contribution is -0.144. The Kier molecular flexibility index (Phi) is 4.10. The maximum atomic E-state index is 11.3. The number of nitrogens with zero attached hydrogens (tertiary/aromatic N) is 1. The zero-order chi connectivity index (χ0) is 12.1. The monoisotopic (exact) mass is 230 g/mol. The molecule has 90 valence electrons. The molecule has 1 rings (SSSR count). The summed E-state index contributed by atoms with van der Waals surface area (Å²) in [7, 11) is 1.24. The molecule has 0 aromatic rings. The van der Waals surface area contributed by atoms with E-state index < -0.39 is 24.0 Å². The predicted octanol–water partition coefficient (Wildman–Crippen LogP) is -0.582. The number of carboxylic acid groups (broad SMARTS) is 1. The van der Waals surface area contributed by atoms with Crippen LogP contribution in [0.25, 0.3) is 0 Å². The molecule has 1 unspecified atom stereocenters. The van der Waals surface area contributed by atoms with Gasteiger partial charge in [-0.3, -0.25) is 4.79 Å². The number of amides is 2. The molecule has 16 heavy (non-hydrogen) atoms. The summed E-state index contributed by atoms with van der Waals surface area (Å²) in [5.41, 5.74) is 0. The number of esters is 1. The number of hydrogen-bond acceptors (Lipinski definition) is 4. The zero-order valence-electron chi connectivity index (χ0n) is 8.93. The third-order valence-corrected chi connectivity index (χ3v) is 2.40. The van der Waals surface area contributed by atoms with Crippen molar-refractivity contribution in [1.82, 2.24) is 10.2 Å². The van der Waals surface area contributed by atoms with Crippen molar-refractivity contribution < 1.29 is 24.2 Å². The Hall–Kier alpha value is -1.79. The molecule has 0 saturated carbocycles. The average Bonchev–Trinajstić information content (AvgIpc) is 2.64. The molecule has 0 aliphatic carbocycles. The number of carboxylic acids is 1. The van der Waals surface area contributed by atoms with Crippen molar-refractivity contribution in [2.75, 3.05) is 20.2 Å². The van der Waals surface area contributed by atoms with E-state index in [9.17, 15) is 14.4 Å². The van der Waals surface area contributed by atoms with Crippen LogP contribution in [-0.2, 0) is 14.3 Å². The molecule has 1 fully saturated rings. The van der Waals surface area contributed by atoms with Crippen molar-refractivity contribution in [3.63, 3.8) is 0 Å². The number of rotatable bonds is 5. The lowest BCUT2D eigenvalue weighted by Crippen LogP contribution is -2.43. The van der Waals surface area contributed by atoms with Crippen molar-refractivity contribution >= 4 is 18.0 Å². The Morgan fingerprint density at radius 1 is 1.62 bits per heavy atom. The first-order valence-electron chi connectivity index (χ1n) is 4.90. The number of carbonyl (C=O) groups is 3. The van der Waals surface area contributed by atoms with Gasteiger partial charge in [-0.1, -0.05) is 0 Å². The van der Waals surface area contributed by atoms with Crippen LogP contribution in [0, 0.1) is 0 Å². The molecular weight excluding hydrogens is 216 g/mol. The Morgan fingerprint density at radius 3 is 2.75 bits per heavy atom. The lowest BCUT2D eigenvalue weighted by Gasteiger charge is -2.22. The first kappa shape index (κ1) is 12.3. The minimum Gasteiger partial charge on any atom is -0.480 e. The standard InChI is InChI=1S/C9H14N2O5/c1-16-7(12)3-2-6(8(13)14)11-5-4-10-9(11)15/h6H,2-5H2,1H3,(H,10,15)(H,13,14). The molecule has 1 atom stereocenters. The SMILES string of the molecule is COC(=O)CCC(C(=O)O)N1CCNC1=O. The molecule has 1 aliphatic rings. The molecule has 7 heteroatoms. The highest BCUT2D eigenvalue weighted by molar-refractivity contribution is 5.84. The first-order chi connectivity index (χ1) is 7.56. The fourth-order valence-corrected chi connectivity index (χ4v) is 1.55. The molecule has 0 bridgehead atoms.